The molecule has 0 bridgehead atoms. The highest BCUT2D eigenvalue weighted by atomic mass is 19.1. The summed E-state index contributed by atoms with van der Waals surface area (Å²) in [6.07, 6.45) is 3.80. The quantitative estimate of drug-likeness (QED) is 0.236. The highest BCUT2D eigenvalue weighted by Gasteiger charge is 2.40. The summed E-state index contributed by atoms with van der Waals surface area (Å²) < 4.78 is 37.4. The van der Waals surface area contributed by atoms with Gasteiger partial charge in [-0.15, -0.1) is 0 Å². The Kier molecular flexibility index (Phi) is 7.38. The van der Waals surface area contributed by atoms with Crippen molar-refractivity contribution in [3.63, 3.8) is 0 Å². The van der Waals surface area contributed by atoms with Crippen LogP contribution >= 0.6 is 0 Å². The van der Waals surface area contributed by atoms with Crippen molar-refractivity contribution in [3.8, 4) is 17.0 Å². The molecule has 3 aromatic heterocycles. The maximum Gasteiger partial charge on any atom is 0.410 e. The zero-order chi connectivity index (χ0) is 29.6. The number of halogens is 1. The van der Waals surface area contributed by atoms with Gasteiger partial charge in [0.05, 0.1) is 22.8 Å². The molecule has 2 fully saturated rings. The SMILES string of the molecule is COCOc1c(-c2ccc3nc(N4CCC(N(C(=O)OC(C)(C)C)C5CCC5)C4)ccc3n2)cc2oc(C)nc2c1F. The Morgan fingerprint density at radius 3 is 2.57 bits per heavy atom. The fraction of sp³-hybridized carbons (Fsp3) is 0.484. The Bertz CT molecular complexity index is 1630. The number of hydrogen-bond acceptors (Lipinski definition) is 9. The molecule has 1 aliphatic heterocycles. The molecule has 1 saturated carbocycles. The molecule has 1 aromatic carbocycles. The highest BCUT2D eigenvalue weighted by molar-refractivity contribution is 5.87. The average Bonchev–Trinajstić information content (AvgIpc) is 3.55. The van der Waals surface area contributed by atoms with E-state index in [1.807, 2.05) is 43.9 Å². The number of pyridine rings is 2. The van der Waals surface area contributed by atoms with Gasteiger partial charge >= 0.3 is 6.09 Å². The summed E-state index contributed by atoms with van der Waals surface area (Å²) in [6, 6.07) is 9.49. The van der Waals surface area contributed by atoms with Crippen molar-refractivity contribution in [2.45, 2.75) is 71.1 Å². The molecule has 0 radical (unpaired) electrons. The first-order chi connectivity index (χ1) is 20.1. The number of amides is 1. The molecule has 10 nitrogen and oxygen atoms in total. The fourth-order valence-corrected chi connectivity index (χ4v) is 5.65. The Morgan fingerprint density at radius 2 is 1.86 bits per heavy atom. The second kappa shape index (κ2) is 11.0. The van der Waals surface area contributed by atoms with Crippen LogP contribution in [0.1, 0.15) is 52.3 Å². The smallest absolute Gasteiger partial charge is 0.410 e. The summed E-state index contributed by atoms with van der Waals surface area (Å²) in [5, 5.41) is 0. The minimum Gasteiger partial charge on any atom is -0.464 e. The minimum absolute atomic E-state index is 0.00167. The van der Waals surface area contributed by atoms with Gasteiger partial charge < -0.3 is 28.4 Å². The standard InChI is InChI=1S/C31H36FN5O5/c1-18-33-28-25(41-18)15-21(29(27(28)32)40-17-39-5)22-9-10-24-23(34-22)11-12-26(35-24)36-14-13-20(16-36)37(19-7-6-8-19)30(38)42-31(2,3)4/h9-12,15,19-20H,6-8,13-14,16-17H2,1-5H3. The summed E-state index contributed by atoms with van der Waals surface area (Å²) in [5.41, 5.74) is 2.17. The normalized spacial score (nSPS) is 17.6. The maximum atomic E-state index is 15.4. The number of carbonyl (C=O) groups is 1. The summed E-state index contributed by atoms with van der Waals surface area (Å²) in [5.74, 6) is 0.551. The van der Waals surface area contributed by atoms with E-state index in [-0.39, 0.29) is 36.2 Å². The first-order valence-electron chi connectivity index (χ1n) is 14.4. The van der Waals surface area contributed by atoms with E-state index in [2.05, 4.69) is 9.88 Å². The van der Waals surface area contributed by atoms with E-state index in [1.165, 1.54) is 7.11 Å². The van der Waals surface area contributed by atoms with E-state index in [0.717, 1.165) is 38.0 Å². The third kappa shape index (κ3) is 5.45. The molecule has 42 heavy (non-hydrogen) atoms. The van der Waals surface area contributed by atoms with Crippen LogP contribution in [0.25, 0.3) is 33.4 Å². The molecule has 1 atom stereocenters. The van der Waals surface area contributed by atoms with Crippen molar-refractivity contribution in [2.75, 3.05) is 31.9 Å². The maximum absolute atomic E-state index is 15.4. The molecule has 2 aliphatic rings. The zero-order valence-electron chi connectivity index (χ0n) is 24.6. The third-order valence-electron chi connectivity index (χ3n) is 7.77. The number of aromatic nitrogens is 3. The second-order valence-electron chi connectivity index (χ2n) is 12.0. The molecule has 1 amide bonds. The predicted octanol–water partition coefficient (Wildman–Crippen LogP) is 6.24. The number of fused-ring (bicyclic) bond motifs is 2. The molecule has 1 unspecified atom stereocenters. The van der Waals surface area contributed by atoms with Crippen molar-refractivity contribution in [3.05, 3.63) is 42.0 Å². The lowest BCUT2D eigenvalue weighted by Crippen LogP contribution is -2.52. The summed E-state index contributed by atoms with van der Waals surface area (Å²) in [7, 11) is 1.47. The van der Waals surface area contributed by atoms with E-state index in [0.29, 0.717) is 40.3 Å². The van der Waals surface area contributed by atoms with Crippen LogP contribution in [0.3, 0.4) is 0 Å². The molecule has 11 heteroatoms. The lowest BCUT2D eigenvalue weighted by molar-refractivity contribution is -0.00351. The van der Waals surface area contributed by atoms with Gasteiger partial charge in [-0.05, 0) is 76.8 Å². The Hall–Kier alpha value is -3.99. The van der Waals surface area contributed by atoms with Gasteiger partial charge in [0.15, 0.2) is 29.8 Å². The monoisotopic (exact) mass is 577 g/mol. The van der Waals surface area contributed by atoms with Crippen molar-refractivity contribution < 1.29 is 27.8 Å². The van der Waals surface area contributed by atoms with Crippen LogP contribution in [0.4, 0.5) is 15.0 Å². The largest absolute Gasteiger partial charge is 0.464 e. The highest BCUT2D eigenvalue weighted by Crippen LogP contribution is 2.38. The van der Waals surface area contributed by atoms with E-state index in [4.69, 9.17) is 28.6 Å². The molecular weight excluding hydrogens is 541 g/mol. The number of methoxy groups -OCH3 is 1. The number of benzene rings is 1. The van der Waals surface area contributed by atoms with E-state index in [9.17, 15) is 4.79 Å². The molecular formula is C31H36FN5O5. The topological polar surface area (TPSA) is 103 Å². The van der Waals surface area contributed by atoms with Crippen LogP contribution in [0.5, 0.6) is 5.75 Å². The Morgan fingerprint density at radius 1 is 1.10 bits per heavy atom. The molecule has 4 heterocycles. The summed E-state index contributed by atoms with van der Waals surface area (Å²) in [6.45, 7) is 8.72. The number of aryl methyl sites for hydroxylation is 1. The van der Waals surface area contributed by atoms with Crippen LogP contribution in [-0.2, 0) is 9.47 Å². The number of hydrogen-bond donors (Lipinski definition) is 0. The molecule has 0 spiro atoms. The first kappa shape index (κ1) is 28.1. The Labute approximate surface area is 243 Å². The van der Waals surface area contributed by atoms with Gasteiger partial charge in [0, 0.05) is 38.7 Å². The van der Waals surface area contributed by atoms with Crippen molar-refractivity contribution in [1.29, 1.82) is 0 Å². The van der Waals surface area contributed by atoms with Crippen LogP contribution in [0, 0.1) is 12.7 Å². The van der Waals surface area contributed by atoms with Crippen molar-refractivity contribution >= 4 is 34.0 Å². The Balaban J connectivity index is 1.26. The number of anilines is 1. The zero-order valence-corrected chi connectivity index (χ0v) is 24.6. The minimum atomic E-state index is -0.627. The summed E-state index contributed by atoms with van der Waals surface area (Å²) >= 11 is 0. The van der Waals surface area contributed by atoms with Gasteiger partial charge in [-0.25, -0.2) is 24.1 Å². The van der Waals surface area contributed by atoms with Crippen molar-refractivity contribution in [2.24, 2.45) is 0 Å². The number of rotatable bonds is 7. The van der Waals surface area contributed by atoms with Crippen LogP contribution in [0.2, 0.25) is 0 Å². The first-order valence-corrected chi connectivity index (χ1v) is 14.4. The summed E-state index contributed by atoms with van der Waals surface area (Å²) in [4.78, 5) is 31.1. The van der Waals surface area contributed by atoms with E-state index < -0.39 is 11.4 Å². The van der Waals surface area contributed by atoms with Gasteiger partial charge in [-0.2, -0.15) is 0 Å². The van der Waals surface area contributed by atoms with E-state index >= 15 is 4.39 Å². The van der Waals surface area contributed by atoms with Gasteiger partial charge in [0.1, 0.15) is 16.9 Å². The third-order valence-corrected chi connectivity index (χ3v) is 7.77. The molecule has 1 saturated heterocycles. The predicted molar refractivity (Wildman–Crippen MR) is 156 cm³/mol. The average molecular weight is 578 g/mol. The van der Waals surface area contributed by atoms with Crippen LogP contribution < -0.4 is 9.64 Å². The number of carbonyl (C=O) groups excluding carboxylic acids is 1. The fourth-order valence-electron chi connectivity index (χ4n) is 5.65. The van der Waals surface area contributed by atoms with Crippen LogP contribution in [0.15, 0.2) is 34.7 Å². The number of ether oxygens (including phenoxy) is 3. The van der Waals surface area contributed by atoms with E-state index in [1.54, 1.807) is 19.1 Å². The van der Waals surface area contributed by atoms with Gasteiger partial charge in [-0.1, -0.05) is 0 Å². The second-order valence-corrected chi connectivity index (χ2v) is 12.0. The van der Waals surface area contributed by atoms with Gasteiger partial charge in [-0.3, -0.25) is 0 Å². The molecule has 0 N–H and O–H groups in total. The lowest BCUT2D eigenvalue weighted by atomic mass is 9.90. The molecule has 4 aromatic rings. The van der Waals surface area contributed by atoms with Crippen molar-refractivity contribution in [1.82, 2.24) is 19.9 Å². The van der Waals surface area contributed by atoms with Gasteiger partial charge in [0.25, 0.3) is 0 Å². The molecule has 222 valence electrons. The molecule has 6 rings (SSSR count). The van der Waals surface area contributed by atoms with Crippen LogP contribution in [-0.4, -0.2) is 70.6 Å². The number of nitrogens with zero attached hydrogens (tertiary/aromatic N) is 5. The number of oxazole rings is 1. The van der Waals surface area contributed by atoms with Gasteiger partial charge in [0.2, 0.25) is 0 Å². The lowest BCUT2D eigenvalue weighted by Gasteiger charge is -2.41. The molecule has 1 aliphatic carbocycles.